The number of hydrogen-bond donors (Lipinski definition) is 2. The van der Waals surface area contributed by atoms with Crippen molar-refractivity contribution in [3.8, 4) is 0 Å². The average Bonchev–Trinajstić information content (AvgIpc) is 2.35. The molecule has 1 aliphatic heterocycles. The van der Waals surface area contributed by atoms with Gasteiger partial charge in [0.1, 0.15) is 0 Å². The third-order valence-electron chi connectivity index (χ3n) is 2.97. The zero-order valence-corrected chi connectivity index (χ0v) is 9.69. The zero-order valence-electron chi connectivity index (χ0n) is 9.69. The number of amides is 1. The number of alkyl halides is 3. The Labute approximate surface area is 106 Å². The number of halogens is 3. The topological polar surface area (TPSA) is 66.6 Å². The van der Waals surface area contributed by atoms with Crippen molar-refractivity contribution in [1.29, 1.82) is 0 Å². The molecule has 1 aliphatic rings. The summed E-state index contributed by atoms with van der Waals surface area (Å²) in [6.45, 7) is 0. The molecule has 0 bridgehead atoms. The Bertz CT molecular complexity index is 528. The minimum atomic E-state index is -5.04. The monoisotopic (exact) mass is 272 g/mol. The number of aliphatic hydroxyl groups is 1. The maximum absolute atomic E-state index is 12.9. The fraction of sp³-hybridized carbons (Fsp3) is 0.250. The molecule has 2 rings (SSSR count). The van der Waals surface area contributed by atoms with Crippen LogP contribution in [-0.2, 0) is 4.79 Å². The number of carbonyl (C=O) groups is 1. The van der Waals surface area contributed by atoms with Crippen molar-refractivity contribution in [3.63, 3.8) is 0 Å². The number of hydrazine groups is 1. The van der Waals surface area contributed by atoms with Crippen molar-refractivity contribution in [1.82, 2.24) is 5.01 Å². The van der Waals surface area contributed by atoms with Crippen molar-refractivity contribution < 1.29 is 23.1 Å². The van der Waals surface area contributed by atoms with E-state index in [1.54, 1.807) is 30.3 Å². The van der Waals surface area contributed by atoms with Crippen molar-refractivity contribution >= 4 is 11.5 Å². The van der Waals surface area contributed by atoms with Gasteiger partial charge in [0.2, 0.25) is 0 Å². The zero-order chi connectivity index (χ0) is 14.3. The molecule has 1 atom stereocenters. The standard InChI is InChI=1S/C12H11F3N2O2/c13-12(14,15)11(19)7-9(6-10(18)17(11)16)8-4-2-1-3-5-8/h1-6,19H,7,16H2. The van der Waals surface area contributed by atoms with Gasteiger partial charge in [0.25, 0.3) is 11.6 Å². The van der Waals surface area contributed by atoms with Crippen LogP contribution >= 0.6 is 0 Å². The van der Waals surface area contributed by atoms with Gasteiger partial charge in [-0.3, -0.25) is 4.79 Å². The van der Waals surface area contributed by atoms with Crippen LogP contribution < -0.4 is 5.84 Å². The number of nitrogens with zero attached hydrogens (tertiary/aromatic N) is 1. The summed E-state index contributed by atoms with van der Waals surface area (Å²) in [5.74, 6) is 3.96. The summed E-state index contributed by atoms with van der Waals surface area (Å²) >= 11 is 0. The maximum Gasteiger partial charge on any atom is 0.438 e. The molecule has 19 heavy (non-hydrogen) atoms. The second kappa shape index (κ2) is 4.36. The van der Waals surface area contributed by atoms with Gasteiger partial charge >= 0.3 is 6.18 Å². The molecule has 4 nitrogen and oxygen atoms in total. The van der Waals surface area contributed by atoms with Crippen LogP contribution in [0.2, 0.25) is 0 Å². The Hall–Kier alpha value is -1.86. The van der Waals surface area contributed by atoms with E-state index in [2.05, 4.69) is 0 Å². The van der Waals surface area contributed by atoms with Crippen LogP contribution in [0, 0.1) is 0 Å². The predicted molar refractivity (Wildman–Crippen MR) is 61.1 cm³/mol. The minimum absolute atomic E-state index is 0.0899. The third kappa shape index (κ3) is 2.22. The molecule has 1 heterocycles. The van der Waals surface area contributed by atoms with E-state index < -0.39 is 24.2 Å². The molecule has 1 unspecified atom stereocenters. The summed E-state index contributed by atoms with van der Waals surface area (Å²) in [6, 6.07) is 8.06. The van der Waals surface area contributed by atoms with Crippen LogP contribution in [-0.4, -0.2) is 27.9 Å². The third-order valence-corrected chi connectivity index (χ3v) is 2.97. The van der Waals surface area contributed by atoms with Gasteiger partial charge in [-0.1, -0.05) is 30.3 Å². The molecule has 0 aromatic heterocycles. The summed E-state index contributed by atoms with van der Waals surface area (Å²) in [5.41, 5.74) is -2.86. The molecular weight excluding hydrogens is 261 g/mol. The van der Waals surface area contributed by atoms with Gasteiger partial charge in [-0.05, 0) is 11.1 Å². The highest BCUT2D eigenvalue weighted by Crippen LogP contribution is 2.41. The highest BCUT2D eigenvalue weighted by atomic mass is 19.4. The van der Waals surface area contributed by atoms with Crippen molar-refractivity contribution in [2.45, 2.75) is 18.3 Å². The molecule has 3 N–H and O–H groups in total. The van der Waals surface area contributed by atoms with Crippen molar-refractivity contribution in [2.75, 3.05) is 0 Å². The van der Waals surface area contributed by atoms with E-state index in [4.69, 9.17) is 5.84 Å². The van der Waals surface area contributed by atoms with Gasteiger partial charge in [-0.15, -0.1) is 0 Å². The molecule has 0 spiro atoms. The van der Waals surface area contributed by atoms with Crippen molar-refractivity contribution in [3.05, 3.63) is 42.0 Å². The summed E-state index contributed by atoms with van der Waals surface area (Å²) in [4.78, 5) is 11.5. The molecule has 7 heteroatoms. The first kappa shape index (κ1) is 13.6. The molecular formula is C12H11F3N2O2. The molecule has 1 aromatic carbocycles. The van der Waals surface area contributed by atoms with Crippen LogP contribution in [0.4, 0.5) is 13.2 Å². The van der Waals surface area contributed by atoms with Gasteiger partial charge in [0.15, 0.2) is 0 Å². The normalized spacial score (nSPS) is 24.4. The van der Waals surface area contributed by atoms with Crippen LogP contribution in [0.5, 0.6) is 0 Å². The number of hydrogen-bond acceptors (Lipinski definition) is 3. The molecule has 102 valence electrons. The van der Waals surface area contributed by atoms with E-state index in [1.165, 1.54) is 0 Å². The molecule has 0 saturated carbocycles. The van der Waals surface area contributed by atoms with E-state index >= 15 is 0 Å². The Morgan fingerprint density at radius 1 is 1.26 bits per heavy atom. The molecule has 0 fully saturated rings. The van der Waals surface area contributed by atoms with Gasteiger partial charge in [0, 0.05) is 12.5 Å². The maximum atomic E-state index is 12.9. The lowest BCUT2D eigenvalue weighted by Crippen LogP contribution is -2.65. The van der Waals surface area contributed by atoms with Crippen LogP contribution in [0.15, 0.2) is 36.4 Å². The molecule has 0 saturated heterocycles. The Morgan fingerprint density at radius 2 is 1.84 bits per heavy atom. The predicted octanol–water partition coefficient (Wildman–Crippen LogP) is 1.43. The van der Waals surface area contributed by atoms with Gasteiger partial charge < -0.3 is 5.11 Å². The van der Waals surface area contributed by atoms with Gasteiger partial charge in [-0.25, -0.2) is 10.9 Å². The molecule has 1 amide bonds. The van der Waals surface area contributed by atoms with E-state index in [1.807, 2.05) is 0 Å². The van der Waals surface area contributed by atoms with Gasteiger partial charge in [-0.2, -0.15) is 13.2 Å². The van der Waals surface area contributed by atoms with E-state index in [0.717, 1.165) is 6.08 Å². The average molecular weight is 272 g/mol. The lowest BCUT2D eigenvalue weighted by atomic mass is 9.92. The first-order chi connectivity index (χ1) is 8.75. The minimum Gasteiger partial charge on any atom is -0.362 e. The SMILES string of the molecule is NN1C(=O)C=C(c2ccccc2)CC1(O)C(F)(F)F. The van der Waals surface area contributed by atoms with Crippen molar-refractivity contribution in [2.24, 2.45) is 5.84 Å². The summed E-state index contributed by atoms with van der Waals surface area (Å²) < 4.78 is 38.7. The Balaban J connectivity index is 2.45. The lowest BCUT2D eigenvalue weighted by molar-refractivity contribution is -0.308. The van der Waals surface area contributed by atoms with E-state index in [0.29, 0.717) is 5.56 Å². The quantitative estimate of drug-likeness (QED) is 0.600. The fourth-order valence-electron chi connectivity index (χ4n) is 1.88. The summed E-state index contributed by atoms with van der Waals surface area (Å²) in [6.07, 6.45) is -4.84. The largest absolute Gasteiger partial charge is 0.438 e. The highest BCUT2D eigenvalue weighted by Gasteiger charge is 2.60. The smallest absolute Gasteiger partial charge is 0.362 e. The Kier molecular flexibility index (Phi) is 3.11. The summed E-state index contributed by atoms with van der Waals surface area (Å²) in [7, 11) is 0. The number of carbonyl (C=O) groups excluding carboxylic acids is 1. The first-order valence-electron chi connectivity index (χ1n) is 5.40. The second-order valence-electron chi connectivity index (χ2n) is 4.23. The van der Waals surface area contributed by atoms with Crippen LogP contribution in [0.3, 0.4) is 0 Å². The summed E-state index contributed by atoms with van der Waals surface area (Å²) in [5, 5.41) is 9.51. The van der Waals surface area contributed by atoms with Crippen LogP contribution in [0.25, 0.3) is 5.57 Å². The highest BCUT2D eigenvalue weighted by molar-refractivity contribution is 5.97. The lowest BCUT2D eigenvalue weighted by Gasteiger charge is -2.40. The number of rotatable bonds is 1. The van der Waals surface area contributed by atoms with Crippen LogP contribution in [0.1, 0.15) is 12.0 Å². The van der Waals surface area contributed by atoms with E-state index in [9.17, 15) is 23.1 Å². The molecule has 1 aromatic rings. The fourth-order valence-corrected chi connectivity index (χ4v) is 1.88. The molecule has 0 aliphatic carbocycles. The Morgan fingerprint density at radius 3 is 2.37 bits per heavy atom. The molecule has 0 radical (unpaired) electrons. The first-order valence-corrected chi connectivity index (χ1v) is 5.40. The number of nitrogens with two attached hydrogens (primary N) is 1. The van der Waals surface area contributed by atoms with E-state index in [-0.39, 0.29) is 10.6 Å². The second-order valence-corrected chi connectivity index (χ2v) is 4.23. The number of benzene rings is 1. The van der Waals surface area contributed by atoms with Gasteiger partial charge in [0.05, 0.1) is 0 Å².